The topological polar surface area (TPSA) is 100 Å². The molecular formula is C29H41N3O4. The number of nitrogens with one attached hydrogen (secondary N) is 2. The van der Waals surface area contributed by atoms with Gasteiger partial charge in [0.25, 0.3) is 5.91 Å². The average molecular weight is 496 g/mol. The van der Waals surface area contributed by atoms with Gasteiger partial charge in [-0.2, -0.15) is 5.26 Å². The van der Waals surface area contributed by atoms with E-state index in [-0.39, 0.29) is 35.3 Å². The van der Waals surface area contributed by atoms with E-state index in [4.69, 9.17) is 9.47 Å². The van der Waals surface area contributed by atoms with E-state index in [1.807, 2.05) is 0 Å². The molecule has 1 aromatic rings. The number of carbonyl (C=O) groups is 2. The fraction of sp³-hybridized carbons (Fsp3) is 0.690. The Kier molecular flexibility index (Phi) is 7.82. The summed E-state index contributed by atoms with van der Waals surface area (Å²) in [5.74, 6) is 1.58. The standard InChI is InChI=1S/C29H41N3O4/c1-17-6-10-21(11-7-17)36-23-14-22(24(35-5)13-20(23)15-30)27(33)32-26-19-9-8-18(12-19)25(26)28(34)31-16-29(2,3)4/h13-14,17-19,21,25-26H,6-12,16H2,1-5H3,(H,31,34)(H,32,33)/t17-,18-,19+,21-,25?,26-/m1/s1. The summed E-state index contributed by atoms with van der Waals surface area (Å²) in [4.78, 5) is 26.7. The monoisotopic (exact) mass is 495 g/mol. The van der Waals surface area contributed by atoms with Crippen LogP contribution in [0.5, 0.6) is 11.5 Å². The van der Waals surface area contributed by atoms with Gasteiger partial charge >= 0.3 is 0 Å². The molecule has 36 heavy (non-hydrogen) atoms. The van der Waals surface area contributed by atoms with Gasteiger partial charge in [-0.25, -0.2) is 0 Å². The van der Waals surface area contributed by atoms with Gasteiger partial charge in [-0.3, -0.25) is 9.59 Å². The van der Waals surface area contributed by atoms with Crippen LogP contribution in [0.15, 0.2) is 12.1 Å². The number of hydrogen-bond donors (Lipinski definition) is 2. The Labute approximate surface area is 215 Å². The molecular weight excluding hydrogens is 454 g/mol. The number of carbonyl (C=O) groups excluding carboxylic acids is 2. The number of ether oxygens (including phenoxy) is 2. The first-order valence-corrected chi connectivity index (χ1v) is 13.5. The predicted molar refractivity (Wildman–Crippen MR) is 138 cm³/mol. The van der Waals surface area contributed by atoms with Gasteiger partial charge in [0.1, 0.15) is 17.6 Å². The fourth-order valence-electron chi connectivity index (χ4n) is 6.19. The van der Waals surface area contributed by atoms with Crippen LogP contribution in [-0.4, -0.2) is 37.6 Å². The highest BCUT2D eigenvalue weighted by Crippen LogP contribution is 2.49. The molecule has 0 aromatic heterocycles. The van der Waals surface area contributed by atoms with Crippen molar-refractivity contribution < 1.29 is 19.1 Å². The predicted octanol–water partition coefficient (Wildman–Crippen LogP) is 4.83. The van der Waals surface area contributed by atoms with E-state index in [1.54, 1.807) is 12.1 Å². The molecule has 3 aliphatic rings. The summed E-state index contributed by atoms with van der Waals surface area (Å²) in [6.07, 6.45) is 7.14. The minimum Gasteiger partial charge on any atom is -0.496 e. The lowest BCUT2D eigenvalue weighted by Gasteiger charge is -2.32. The smallest absolute Gasteiger partial charge is 0.255 e. The Hall–Kier alpha value is -2.75. The van der Waals surface area contributed by atoms with E-state index < -0.39 is 0 Å². The maximum absolute atomic E-state index is 13.6. The highest BCUT2D eigenvalue weighted by molar-refractivity contribution is 5.98. The van der Waals surface area contributed by atoms with Crippen LogP contribution in [0.3, 0.4) is 0 Å². The summed E-state index contributed by atoms with van der Waals surface area (Å²) < 4.78 is 11.7. The fourth-order valence-corrected chi connectivity index (χ4v) is 6.19. The Morgan fingerprint density at radius 2 is 1.75 bits per heavy atom. The van der Waals surface area contributed by atoms with E-state index in [0.29, 0.717) is 46.9 Å². The van der Waals surface area contributed by atoms with Crippen LogP contribution in [0.4, 0.5) is 0 Å². The Morgan fingerprint density at radius 3 is 2.39 bits per heavy atom. The van der Waals surface area contributed by atoms with Crippen LogP contribution in [0.25, 0.3) is 0 Å². The number of rotatable bonds is 7. The van der Waals surface area contributed by atoms with Crippen molar-refractivity contribution in [1.29, 1.82) is 5.26 Å². The van der Waals surface area contributed by atoms with Crippen molar-refractivity contribution in [3.05, 3.63) is 23.3 Å². The van der Waals surface area contributed by atoms with Gasteiger partial charge in [0.05, 0.1) is 30.3 Å². The zero-order chi connectivity index (χ0) is 26.0. The van der Waals surface area contributed by atoms with Gasteiger partial charge in [-0.1, -0.05) is 27.7 Å². The van der Waals surface area contributed by atoms with Crippen molar-refractivity contribution in [2.24, 2.45) is 29.1 Å². The first-order valence-electron chi connectivity index (χ1n) is 13.5. The van der Waals surface area contributed by atoms with Crippen LogP contribution in [0.1, 0.15) is 88.6 Å². The second-order valence-electron chi connectivity index (χ2n) is 12.3. The zero-order valence-corrected chi connectivity index (χ0v) is 22.4. The zero-order valence-electron chi connectivity index (χ0n) is 22.4. The minimum absolute atomic E-state index is 0.00531. The molecule has 3 fully saturated rings. The molecule has 2 N–H and O–H groups in total. The quantitative estimate of drug-likeness (QED) is 0.564. The van der Waals surface area contributed by atoms with E-state index in [0.717, 1.165) is 44.9 Å². The lowest BCUT2D eigenvalue weighted by molar-refractivity contribution is -0.127. The van der Waals surface area contributed by atoms with Gasteiger partial charge in [-0.05, 0) is 74.2 Å². The molecule has 1 unspecified atom stereocenters. The third-order valence-corrected chi connectivity index (χ3v) is 8.23. The molecule has 2 bridgehead atoms. The van der Waals surface area contributed by atoms with E-state index in [1.165, 1.54) is 7.11 Å². The molecule has 0 spiro atoms. The number of hydrogen-bond acceptors (Lipinski definition) is 5. The molecule has 4 atom stereocenters. The van der Waals surface area contributed by atoms with Gasteiger partial charge in [0.2, 0.25) is 5.91 Å². The maximum atomic E-state index is 13.6. The molecule has 0 heterocycles. The van der Waals surface area contributed by atoms with Crippen molar-refractivity contribution in [1.82, 2.24) is 10.6 Å². The van der Waals surface area contributed by atoms with Crippen molar-refractivity contribution in [3.63, 3.8) is 0 Å². The Balaban J connectivity index is 1.53. The largest absolute Gasteiger partial charge is 0.496 e. The summed E-state index contributed by atoms with van der Waals surface area (Å²) in [5.41, 5.74) is 0.697. The molecule has 0 saturated heterocycles. The van der Waals surface area contributed by atoms with E-state index in [2.05, 4.69) is 44.4 Å². The number of nitriles is 1. The van der Waals surface area contributed by atoms with Gasteiger partial charge in [-0.15, -0.1) is 0 Å². The molecule has 0 aliphatic heterocycles. The van der Waals surface area contributed by atoms with Crippen molar-refractivity contribution in [3.8, 4) is 17.6 Å². The summed E-state index contributed by atoms with van der Waals surface area (Å²) in [5, 5.41) is 16.0. The van der Waals surface area contributed by atoms with E-state index >= 15 is 0 Å². The number of methoxy groups -OCH3 is 1. The lowest BCUT2D eigenvalue weighted by atomic mass is 9.83. The molecule has 196 valence electrons. The Morgan fingerprint density at radius 1 is 1.06 bits per heavy atom. The minimum atomic E-state index is -0.287. The molecule has 7 nitrogen and oxygen atoms in total. The normalized spacial score (nSPS) is 29.3. The highest BCUT2D eigenvalue weighted by atomic mass is 16.5. The SMILES string of the molecule is COc1cc(C#N)c(O[C@H]2CC[C@H](C)CC2)cc1C(=O)N[C@H]1C(C(=O)NCC(C)(C)C)[C@@H]2CC[C@H]1C2. The number of benzene rings is 1. The Bertz CT molecular complexity index is 1020. The van der Waals surface area contributed by atoms with Crippen LogP contribution >= 0.6 is 0 Å². The van der Waals surface area contributed by atoms with Crippen molar-refractivity contribution in [2.45, 2.75) is 84.8 Å². The molecule has 3 aliphatic carbocycles. The summed E-state index contributed by atoms with van der Waals surface area (Å²) in [6, 6.07) is 5.21. The van der Waals surface area contributed by atoms with Gasteiger partial charge < -0.3 is 20.1 Å². The molecule has 0 radical (unpaired) electrons. The molecule has 7 heteroatoms. The van der Waals surface area contributed by atoms with E-state index in [9.17, 15) is 14.9 Å². The van der Waals surface area contributed by atoms with Crippen LogP contribution < -0.4 is 20.1 Å². The molecule has 4 rings (SSSR count). The number of amides is 2. The maximum Gasteiger partial charge on any atom is 0.255 e. The van der Waals surface area contributed by atoms with Gasteiger partial charge in [0.15, 0.2) is 0 Å². The summed E-state index contributed by atoms with van der Waals surface area (Å²) in [6.45, 7) is 9.14. The third-order valence-electron chi connectivity index (χ3n) is 8.23. The first-order chi connectivity index (χ1) is 17.1. The summed E-state index contributed by atoms with van der Waals surface area (Å²) in [7, 11) is 1.50. The second kappa shape index (κ2) is 10.7. The van der Waals surface area contributed by atoms with Crippen molar-refractivity contribution in [2.75, 3.05) is 13.7 Å². The van der Waals surface area contributed by atoms with Crippen LogP contribution in [0.2, 0.25) is 0 Å². The van der Waals surface area contributed by atoms with Crippen molar-refractivity contribution >= 4 is 11.8 Å². The molecule has 3 saturated carbocycles. The number of nitrogens with zero attached hydrogens (tertiary/aromatic N) is 1. The first kappa shape index (κ1) is 26.3. The summed E-state index contributed by atoms with van der Waals surface area (Å²) >= 11 is 0. The van der Waals surface area contributed by atoms with Crippen LogP contribution in [0, 0.1) is 40.4 Å². The third kappa shape index (κ3) is 5.79. The van der Waals surface area contributed by atoms with Gasteiger partial charge in [0, 0.05) is 18.7 Å². The molecule has 2 amide bonds. The van der Waals surface area contributed by atoms with Crippen LogP contribution in [-0.2, 0) is 4.79 Å². The second-order valence-corrected chi connectivity index (χ2v) is 12.3. The molecule has 1 aromatic carbocycles. The number of fused-ring (bicyclic) bond motifs is 2. The highest BCUT2D eigenvalue weighted by Gasteiger charge is 2.51. The average Bonchev–Trinajstić information content (AvgIpc) is 3.45. The lowest BCUT2D eigenvalue weighted by Crippen LogP contribution is -2.50.